The fourth-order valence-electron chi connectivity index (χ4n) is 0.103. The van der Waals surface area contributed by atoms with E-state index in [1.165, 1.54) is 4.78 Å². The summed E-state index contributed by atoms with van der Waals surface area (Å²) in [7, 11) is 0. The Morgan fingerprint density at radius 1 is 1.75 bits per heavy atom. The summed E-state index contributed by atoms with van der Waals surface area (Å²) in [6, 6.07) is 0. The van der Waals surface area contributed by atoms with Gasteiger partial charge in [0.25, 0.3) is 0 Å². The van der Waals surface area contributed by atoms with Crippen LogP contribution in [0.25, 0.3) is 0 Å². The summed E-state index contributed by atoms with van der Waals surface area (Å²) in [5.41, 5.74) is -0.875. The van der Waals surface area contributed by atoms with E-state index in [-0.39, 0.29) is 0 Å². The smallest absolute Gasteiger partial charge is 0.129 e. The first kappa shape index (κ1) is 9.04. The SMILES string of the molecule is CC(C)(O)N(N)PI. The molecule has 0 aromatic rings. The molecule has 0 aliphatic heterocycles. The van der Waals surface area contributed by atoms with Crippen molar-refractivity contribution in [2.24, 2.45) is 5.84 Å². The predicted molar refractivity (Wildman–Crippen MR) is 44.7 cm³/mol. The molecule has 1 unspecified atom stereocenters. The van der Waals surface area contributed by atoms with Crippen LogP contribution in [0.1, 0.15) is 13.8 Å². The van der Waals surface area contributed by atoms with Gasteiger partial charge in [-0.1, -0.05) is 0 Å². The van der Waals surface area contributed by atoms with Crippen molar-refractivity contribution in [1.29, 1.82) is 0 Å². The van der Waals surface area contributed by atoms with Gasteiger partial charge in [0.2, 0.25) is 0 Å². The van der Waals surface area contributed by atoms with Crippen LogP contribution in [0.4, 0.5) is 0 Å². The van der Waals surface area contributed by atoms with Gasteiger partial charge in [-0.3, -0.25) is 5.84 Å². The highest BCUT2D eigenvalue weighted by atomic mass is 127. The quantitative estimate of drug-likeness (QED) is 0.250. The van der Waals surface area contributed by atoms with Crippen molar-refractivity contribution in [3.05, 3.63) is 0 Å². The number of aliphatic hydroxyl groups is 1. The first-order valence-corrected chi connectivity index (χ1v) is 6.18. The average molecular weight is 248 g/mol. The Labute approximate surface area is 63.9 Å². The van der Waals surface area contributed by atoms with Gasteiger partial charge in [-0.2, -0.15) is 4.78 Å². The molecule has 0 rings (SSSR count). The Kier molecular flexibility index (Phi) is 3.69. The lowest BCUT2D eigenvalue weighted by molar-refractivity contribution is -0.0219. The van der Waals surface area contributed by atoms with Gasteiger partial charge in [0.15, 0.2) is 0 Å². The number of nitrogens with zero attached hydrogens (tertiary/aromatic N) is 1. The number of rotatable bonds is 2. The molecule has 1 atom stereocenters. The van der Waals surface area contributed by atoms with Gasteiger partial charge in [0.05, 0.1) is 0 Å². The van der Waals surface area contributed by atoms with Crippen molar-refractivity contribution in [3.8, 4) is 0 Å². The molecule has 0 aliphatic carbocycles. The molecule has 0 saturated carbocycles. The Hall–Kier alpha value is 1.04. The average Bonchev–Trinajstić information content (AvgIpc) is 1.62. The molecule has 50 valence electrons. The van der Waals surface area contributed by atoms with E-state index in [1.807, 2.05) is 0 Å². The maximum Gasteiger partial charge on any atom is 0.129 e. The van der Waals surface area contributed by atoms with Gasteiger partial charge in [-0.25, -0.2) is 0 Å². The minimum Gasteiger partial charge on any atom is -0.375 e. The maximum atomic E-state index is 9.09. The van der Waals surface area contributed by atoms with Crippen LogP contribution in [0, 0.1) is 0 Å². The van der Waals surface area contributed by atoms with E-state index in [2.05, 4.69) is 22.0 Å². The number of hydrogen-bond acceptors (Lipinski definition) is 3. The summed E-state index contributed by atoms with van der Waals surface area (Å²) in [6.45, 7) is 3.30. The molecule has 3 nitrogen and oxygen atoms in total. The van der Waals surface area contributed by atoms with Gasteiger partial charge in [0.1, 0.15) is 5.72 Å². The fourth-order valence-corrected chi connectivity index (χ4v) is 2.08. The Morgan fingerprint density at radius 2 is 2.12 bits per heavy atom. The van der Waals surface area contributed by atoms with Gasteiger partial charge in [0, 0.05) is 6.37 Å². The van der Waals surface area contributed by atoms with Crippen molar-refractivity contribution >= 4 is 28.4 Å². The summed E-state index contributed by atoms with van der Waals surface area (Å²) in [6.07, 6.45) is 0.414. The van der Waals surface area contributed by atoms with E-state index < -0.39 is 5.72 Å². The molecule has 0 heterocycles. The minimum absolute atomic E-state index is 0.414. The molecule has 0 fully saturated rings. The molecule has 0 amide bonds. The van der Waals surface area contributed by atoms with Crippen molar-refractivity contribution in [1.82, 2.24) is 4.78 Å². The highest BCUT2D eigenvalue weighted by Crippen LogP contribution is 2.28. The molecule has 3 N–H and O–H groups in total. The van der Waals surface area contributed by atoms with Gasteiger partial charge < -0.3 is 5.11 Å². The highest BCUT2D eigenvalue weighted by Gasteiger charge is 2.17. The van der Waals surface area contributed by atoms with Crippen molar-refractivity contribution in [2.45, 2.75) is 19.6 Å². The molecule has 8 heavy (non-hydrogen) atoms. The molecule has 0 spiro atoms. The zero-order valence-electron chi connectivity index (χ0n) is 4.85. The topological polar surface area (TPSA) is 49.5 Å². The summed E-state index contributed by atoms with van der Waals surface area (Å²) in [4.78, 5) is 0. The largest absolute Gasteiger partial charge is 0.375 e. The second-order valence-electron chi connectivity index (χ2n) is 1.95. The third kappa shape index (κ3) is 3.14. The lowest BCUT2D eigenvalue weighted by Crippen LogP contribution is -2.41. The number of hydrogen-bond donors (Lipinski definition) is 2. The van der Waals surface area contributed by atoms with Gasteiger partial charge in [-0.15, -0.1) is 0 Å². The Bertz CT molecular complexity index is 74.2. The monoisotopic (exact) mass is 248 g/mol. The molecular formula is C3H10IN2OP. The predicted octanol–water partition coefficient (Wildman–Crippen LogP) is 0.834. The second-order valence-corrected chi connectivity index (χ2v) is 4.05. The van der Waals surface area contributed by atoms with Gasteiger partial charge in [-0.05, 0) is 35.9 Å². The molecule has 0 aliphatic rings. The Morgan fingerprint density at radius 3 is 2.12 bits per heavy atom. The fraction of sp³-hybridized carbons (Fsp3) is 1.00. The zero-order chi connectivity index (χ0) is 6.78. The summed E-state index contributed by atoms with van der Waals surface area (Å²) >= 11 is 2.11. The van der Waals surface area contributed by atoms with Crippen LogP contribution in [0.15, 0.2) is 0 Å². The van der Waals surface area contributed by atoms with Crippen LogP contribution in [-0.2, 0) is 0 Å². The first-order valence-electron chi connectivity index (χ1n) is 2.12. The van der Waals surface area contributed by atoms with Crippen LogP contribution in [0.2, 0.25) is 0 Å². The minimum atomic E-state index is -0.875. The molecule has 0 aromatic carbocycles. The molecule has 0 bridgehead atoms. The van der Waals surface area contributed by atoms with E-state index in [0.717, 1.165) is 0 Å². The lowest BCUT2D eigenvalue weighted by Gasteiger charge is -2.26. The van der Waals surface area contributed by atoms with E-state index in [9.17, 15) is 0 Å². The molecule has 5 heteroatoms. The Balaban J connectivity index is 3.62. The lowest BCUT2D eigenvalue weighted by atomic mass is 10.3. The summed E-state index contributed by atoms with van der Waals surface area (Å²) in [5.74, 6) is 5.34. The standard InChI is InChI=1S/C3H10IN2OP/c1-3(2,7)6(5)8-4/h7-8H,5H2,1-2H3. The van der Waals surface area contributed by atoms with E-state index in [1.54, 1.807) is 13.8 Å². The van der Waals surface area contributed by atoms with E-state index in [4.69, 9.17) is 10.9 Å². The number of nitrogens with two attached hydrogens (primary N) is 1. The molecular weight excluding hydrogens is 238 g/mol. The summed E-state index contributed by atoms with van der Waals surface area (Å²) < 4.78 is 1.38. The summed E-state index contributed by atoms with van der Waals surface area (Å²) in [5, 5.41) is 9.09. The van der Waals surface area contributed by atoms with Crippen molar-refractivity contribution in [3.63, 3.8) is 0 Å². The maximum absolute atomic E-state index is 9.09. The van der Waals surface area contributed by atoms with Crippen LogP contribution in [0.5, 0.6) is 0 Å². The van der Waals surface area contributed by atoms with E-state index >= 15 is 0 Å². The second kappa shape index (κ2) is 3.27. The third-order valence-electron chi connectivity index (χ3n) is 0.681. The van der Waals surface area contributed by atoms with Crippen LogP contribution >= 0.6 is 28.4 Å². The van der Waals surface area contributed by atoms with Crippen molar-refractivity contribution in [2.75, 3.05) is 0 Å². The van der Waals surface area contributed by atoms with E-state index in [0.29, 0.717) is 6.37 Å². The van der Waals surface area contributed by atoms with Crippen molar-refractivity contribution < 1.29 is 5.11 Å². The van der Waals surface area contributed by atoms with Crippen LogP contribution < -0.4 is 5.84 Å². The normalized spacial score (nSPS) is 14.2. The highest BCUT2D eigenvalue weighted by molar-refractivity contribution is 14.2. The van der Waals surface area contributed by atoms with Crippen LogP contribution in [0.3, 0.4) is 0 Å². The van der Waals surface area contributed by atoms with Gasteiger partial charge >= 0.3 is 0 Å². The molecule has 0 aromatic heterocycles. The number of halogens is 1. The first-order chi connectivity index (χ1) is 3.48. The molecule has 0 radical (unpaired) electrons. The zero-order valence-corrected chi connectivity index (χ0v) is 8.01. The molecule has 0 saturated heterocycles. The third-order valence-corrected chi connectivity index (χ3v) is 2.97. The van der Waals surface area contributed by atoms with Crippen LogP contribution in [-0.4, -0.2) is 15.6 Å². The number of hydrazine groups is 1.